The third-order valence-electron chi connectivity index (χ3n) is 2.70. The highest BCUT2D eigenvalue weighted by Crippen LogP contribution is 2.34. The standard InChI is InChI=1S/C15H15BrClNO3/c1-19-11-2-4-12(5-3-11)20-6-7-21-15-13(16)8-10(17)9-14(15)18/h2-5,8-9H,6-7,18H2,1H3. The van der Waals surface area contributed by atoms with E-state index in [9.17, 15) is 0 Å². The van der Waals surface area contributed by atoms with E-state index in [0.29, 0.717) is 29.7 Å². The van der Waals surface area contributed by atoms with Crippen LogP contribution in [0, 0.1) is 0 Å². The van der Waals surface area contributed by atoms with Gasteiger partial charge in [0.2, 0.25) is 0 Å². The highest BCUT2D eigenvalue weighted by molar-refractivity contribution is 9.10. The fourth-order valence-electron chi connectivity index (χ4n) is 1.71. The van der Waals surface area contributed by atoms with Crippen molar-refractivity contribution in [1.82, 2.24) is 0 Å². The van der Waals surface area contributed by atoms with E-state index in [-0.39, 0.29) is 0 Å². The van der Waals surface area contributed by atoms with Crippen LogP contribution in [-0.2, 0) is 0 Å². The second-order valence-electron chi connectivity index (χ2n) is 4.18. The predicted molar refractivity (Wildman–Crippen MR) is 87.5 cm³/mol. The highest BCUT2D eigenvalue weighted by atomic mass is 79.9. The maximum Gasteiger partial charge on any atom is 0.156 e. The number of nitrogen functional groups attached to an aromatic ring is 1. The molecule has 0 aliphatic heterocycles. The monoisotopic (exact) mass is 371 g/mol. The van der Waals surface area contributed by atoms with Crippen LogP contribution in [0.1, 0.15) is 0 Å². The summed E-state index contributed by atoms with van der Waals surface area (Å²) in [5.41, 5.74) is 6.34. The van der Waals surface area contributed by atoms with Crippen molar-refractivity contribution in [2.45, 2.75) is 0 Å². The molecule has 112 valence electrons. The van der Waals surface area contributed by atoms with E-state index in [1.165, 1.54) is 0 Å². The molecule has 21 heavy (non-hydrogen) atoms. The van der Waals surface area contributed by atoms with Crippen molar-refractivity contribution < 1.29 is 14.2 Å². The molecule has 0 atom stereocenters. The predicted octanol–water partition coefficient (Wildman–Crippen LogP) is 4.15. The lowest BCUT2D eigenvalue weighted by molar-refractivity contribution is 0.217. The third kappa shape index (κ3) is 4.44. The fraction of sp³-hybridized carbons (Fsp3) is 0.200. The molecular weight excluding hydrogens is 358 g/mol. The summed E-state index contributed by atoms with van der Waals surface area (Å²) in [5.74, 6) is 2.11. The van der Waals surface area contributed by atoms with Crippen LogP contribution in [0.15, 0.2) is 40.9 Å². The minimum Gasteiger partial charge on any atom is -0.497 e. The van der Waals surface area contributed by atoms with Gasteiger partial charge in [-0.15, -0.1) is 0 Å². The van der Waals surface area contributed by atoms with Crippen molar-refractivity contribution >= 4 is 33.2 Å². The van der Waals surface area contributed by atoms with E-state index in [2.05, 4.69) is 15.9 Å². The van der Waals surface area contributed by atoms with Gasteiger partial charge in [-0.25, -0.2) is 0 Å². The van der Waals surface area contributed by atoms with E-state index < -0.39 is 0 Å². The van der Waals surface area contributed by atoms with E-state index >= 15 is 0 Å². The molecule has 2 rings (SSSR count). The minimum absolute atomic E-state index is 0.371. The lowest BCUT2D eigenvalue weighted by Gasteiger charge is -2.12. The van der Waals surface area contributed by atoms with Gasteiger partial charge in [0.05, 0.1) is 17.3 Å². The molecule has 0 unspecified atom stereocenters. The fourth-order valence-corrected chi connectivity index (χ4v) is 2.66. The molecule has 0 aliphatic rings. The molecule has 2 N–H and O–H groups in total. The van der Waals surface area contributed by atoms with Gasteiger partial charge < -0.3 is 19.9 Å². The average molecular weight is 373 g/mol. The summed E-state index contributed by atoms with van der Waals surface area (Å²) < 4.78 is 17.0. The summed E-state index contributed by atoms with van der Waals surface area (Å²) in [6, 6.07) is 10.7. The van der Waals surface area contributed by atoms with Crippen molar-refractivity contribution in [2.24, 2.45) is 0 Å². The Morgan fingerprint density at radius 2 is 1.67 bits per heavy atom. The summed E-state index contributed by atoms with van der Waals surface area (Å²) in [5, 5.41) is 0.557. The molecule has 0 amide bonds. The first kappa shape index (κ1) is 15.8. The Morgan fingerprint density at radius 3 is 2.29 bits per heavy atom. The van der Waals surface area contributed by atoms with Crippen molar-refractivity contribution in [3.63, 3.8) is 0 Å². The summed E-state index contributed by atoms with van der Waals surface area (Å²) >= 11 is 9.25. The van der Waals surface area contributed by atoms with Crippen LogP contribution >= 0.6 is 27.5 Å². The SMILES string of the molecule is COc1ccc(OCCOc2c(N)cc(Cl)cc2Br)cc1. The molecule has 2 aromatic rings. The first-order chi connectivity index (χ1) is 10.1. The van der Waals surface area contributed by atoms with Gasteiger partial charge in [-0.3, -0.25) is 0 Å². The van der Waals surface area contributed by atoms with Gasteiger partial charge in [0.15, 0.2) is 5.75 Å². The van der Waals surface area contributed by atoms with E-state index in [1.54, 1.807) is 19.2 Å². The molecule has 0 bridgehead atoms. The first-order valence-corrected chi connectivity index (χ1v) is 7.41. The van der Waals surface area contributed by atoms with Gasteiger partial charge in [0.1, 0.15) is 24.7 Å². The van der Waals surface area contributed by atoms with E-state index in [4.69, 9.17) is 31.5 Å². The van der Waals surface area contributed by atoms with Crippen LogP contribution in [0.4, 0.5) is 5.69 Å². The Morgan fingerprint density at radius 1 is 1.05 bits per heavy atom. The van der Waals surface area contributed by atoms with Crippen LogP contribution in [0.2, 0.25) is 5.02 Å². The molecule has 0 fully saturated rings. The van der Waals surface area contributed by atoms with Crippen LogP contribution in [0.3, 0.4) is 0 Å². The Labute approximate surface area is 136 Å². The quantitative estimate of drug-likeness (QED) is 0.611. The Bertz CT molecular complexity index is 581. The van der Waals surface area contributed by atoms with Crippen molar-refractivity contribution in [1.29, 1.82) is 0 Å². The molecule has 0 aliphatic carbocycles. The van der Waals surface area contributed by atoms with Crippen molar-refractivity contribution in [2.75, 3.05) is 26.1 Å². The average Bonchev–Trinajstić information content (AvgIpc) is 2.46. The number of anilines is 1. The summed E-state index contributed by atoms with van der Waals surface area (Å²) in [6.45, 7) is 0.775. The molecule has 4 nitrogen and oxygen atoms in total. The molecule has 6 heteroatoms. The zero-order valence-electron chi connectivity index (χ0n) is 11.4. The summed E-state index contributed by atoms with van der Waals surface area (Å²) in [7, 11) is 1.62. The molecule has 0 radical (unpaired) electrons. The molecule has 0 aromatic heterocycles. The summed E-state index contributed by atoms with van der Waals surface area (Å²) in [6.07, 6.45) is 0. The van der Waals surface area contributed by atoms with Gasteiger partial charge in [0, 0.05) is 5.02 Å². The lowest BCUT2D eigenvalue weighted by Crippen LogP contribution is -2.10. The number of methoxy groups -OCH3 is 1. The zero-order chi connectivity index (χ0) is 15.2. The maximum absolute atomic E-state index is 5.89. The Hall–Kier alpha value is -1.59. The molecule has 0 saturated heterocycles. The molecule has 2 aromatic carbocycles. The number of benzene rings is 2. The van der Waals surface area contributed by atoms with Crippen LogP contribution in [-0.4, -0.2) is 20.3 Å². The van der Waals surface area contributed by atoms with Crippen LogP contribution in [0.5, 0.6) is 17.2 Å². The van der Waals surface area contributed by atoms with Crippen molar-refractivity contribution in [3.8, 4) is 17.2 Å². The number of halogens is 2. The van der Waals surface area contributed by atoms with E-state index in [1.807, 2.05) is 24.3 Å². The van der Waals surface area contributed by atoms with E-state index in [0.717, 1.165) is 16.0 Å². The van der Waals surface area contributed by atoms with Crippen LogP contribution in [0.25, 0.3) is 0 Å². The smallest absolute Gasteiger partial charge is 0.156 e. The number of rotatable bonds is 6. The highest BCUT2D eigenvalue weighted by Gasteiger charge is 2.07. The molecule has 0 spiro atoms. The van der Waals surface area contributed by atoms with Crippen LogP contribution < -0.4 is 19.9 Å². The first-order valence-electron chi connectivity index (χ1n) is 6.24. The Kier molecular flexibility index (Phi) is 5.59. The maximum atomic E-state index is 5.89. The topological polar surface area (TPSA) is 53.7 Å². The second-order valence-corrected chi connectivity index (χ2v) is 5.47. The van der Waals surface area contributed by atoms with Gasteiger partial charge in [0.25, 0.3) is 0 Å². The van der Waals surface area contributed by atoms with Gasteiger partial charge >= 0.3 is 0 Å². The number of nitrogens with two attached hydrogens (primary N) is 1. The van der Waals surface area contributed by atoms with Gasteiger partial charge in [-0.05, 0) is 52.3 Å². The molecule has 0 saturated carbocycles. The van der Waals surface area contributed by atoms with Gasteiger partial charge in [-0.1, -0.05) is 11.6 Å². The Balaban J connectivity index is 1.84. The normalized spacial score (nSPS) is 10.2. The van der Waals surface area contributed by atoms with Crippen molar-refractivity contribution in [3.05, 3.63) is 45.9 Å². The minimum atomic E-state index is 0.371. The largest absolute Gasteiger partial charge is 0.497 e. The third-order valence-corrected chi connectivity index (χ3v) is 3.50. The lowest BCUT2D eigenvalue weighted by atomic mass is 10.3. The molecule has 0 heterocycles. The zero-order valence-corrected chi connectivity index (χ0v) is 13.8. The number of hydrogen-bond donors (Lipinski definition) is 1. The second kappa shape index (κ2) is 7.43. The molecular formula is C15H15BrClNO3. The van der Waals surface area contributed by atoms with Gasteiger partial charge in [-0.2, -0.15) is 0 Å². The number of ether oxygens (including phenoxy) is 3. The summed E-state index contributed by atoms with van der Waals surface area (Å²) in [4.78, 5) is 0. The number of hydrogen-bond acceptors (Lipinski definition) is 4.